The Morgan fingerprint density at radius 3 is 2.36 bits per heavy atom. The third kappa shape index (κ3) is 3.02. The number of aromatic nitrogens is 2. The molecular formula is C18H11F3N2O5. The average Bonchev–Trinajstić information content (AvgIpc) is 3.23. The minimum atomic E-state index is -4.52. The Labute approximate surface area is 154 Å². The number of carboxylic acids is 1. The molecule has 0 radical (unpaired) electrons. The smallest absolute Gasteiger partial charge is 0.416 e. The summed E-state index contributed by atoms with van der Waals surface area (Å²) in [5.74, 6) is -1.06. The Bertz CT molecular complexity index is 1100. The van der Waals surface area contributed by atoms with Crippen molar-refractivity contribution in [3.05, 3.63) is 53.2 Å². The lowest BCUT2D eigenvalue weighted by molar-refractivity contribution is -0.138. The SMILES string of the molecule is O=C(O)Cn1nc(C(=O)c2ccc(C(F)(F)F)cc2)c2cc3c(cc21)OCO3. The molecule has 1 aromatic heterocycles. The second-order valence-corrected chi connectivity index (χ2v) is 6.03. The second kappa shape index (κ2) is 6.25. The molecule has 0 fully saturated rings. The van der Waals surface area contributed by atoms with Gasteiger partial charge in [-0.05, 0) is 18.2 Å². The van der Waals surface area contributed by atoms with Gasteiger partial charge in [0.2, 0.25) is 12.6 Å². The molecule has 3 aromatic rings. The summed E-state index contributed by atoms with van der Waals surface area (Å²) in [7, 11) is 0. The van der Waals surface area contributed by atoms with E-state index in [0.29, 0.717) is 22.4 Å². The van der Waals surface area contributed by atoms with Gasteiger partial charge in [-0.15, -0.1) is 0 Å². The van der Waals surface area contributed by atoms with Gasteiger partial charge >= 0.3 is 12.1 Å². The molecule has 0 aliphatic carbocycles. The van der Waals surface area contributed by atoms with Crippen LogP contribution in [0.3, 0.4) is 0 Å². The van der Waals surface area contributed by atoms with Crippen molar-refractivity contribution < 1.29 is 37.3 Å². The summed E-state index contributed by atoms with van der Waals surface area (Å²) in [6, 6.07) is 6.73. The summed E-state index contributed by atoms with van der Waals surface area (Å²) in [5, 5.41) is 13.5. The fourth-order valence-corrected chi connectivity index (χ4v) is 2.93. The molecule has 1 N–H and O–H groups in total. The van der Waals surface area contributed by atoms with Crippen molar-refractivity contribution in [2.24, 2.45) is 0 Å². The Balaban J connectivity index is 1.81. The summed E-state index contributed by atoms with van der Waals surface area (Å²) in [5.41, 5.74) is -0.641. The van der Waals surface area contributed by atoms with Gasteiger partial charge in [-0.2, -0.15) is 18.3 Å². The Hall–Kier alpha value is -3.56. The quantitative estimate of drug-likeness (QED) is 0.687. The number of ether oxygens (including phenoxy) is 2. The first-order valence-electron chi connectivity index (χ1n) is 7.98. The van der Waals surface area contributed by atoms with E-state index in [0.717, 1.165) is 28.9 Å². The summed E-state index contributed by atoms with van der Waals surface area (Å²) < 4.78 is 49.8. The zero-order chi connectivity index (χ0) is 20.1. The Morgan fingerprint density at radius 2 is 1.75 bits per heavy atom. The minimum absolute atomic E-state index is 0.00691. The van der Waals surface area contributed by atoms with Gasteiger partial charge in [0.25, 0.3) is 0 Å². The molecule has 1 aliphatic heterocycles. The predicted octanol–water partition coefficient (Wildman–Crippen LogP) is 3.10. The normalized spacial score (nSPS) is 13.1. The number of alkyl halides is 3. The first kappa shape index (κ1) is 17.8. The Kier molecular flexibility index (Phi) is 3.98. The van der Waals surface area contributed by atoms with Crippen LogP contribution < -0.4 is 9.47 Å². The molecule has 0 saturated carbocycles. The van der Waals surface area contributed by atoms with Crippen LogP contribution in [0.5, 0.6) is 11.5 Å². The van der Waals surface area contributed by atoms with Crippen LogP contribution in [-0.2, 0) is 17.5 Å². The molecule has 0 unspecified atom stereocenters. The topological polar surface area (TPSA) is 90.7 Å². The summed E-state index contributed by atoms with van der Waals surface area (Å²) in [6.45, 7) is -0.521. The maximum atomic E-state index is 12.8. The van der Waals surface area contributed by atoms with Crippen molar-refractivity contribution in [1.82, 2.24) is 9.78 Å². The highest BCUT2D eigenvalue weighted by molar-refractivity contribution is 6.15. The number of rotatable bonds is 4. The van der Waals surface area contributed by atoms with Crippen LogP contribution in [0.25, 0.3) is 10.9 Å². The number of carboxylic acid groups (broad SMARTS) is 1. The highest BCUT2D eigenvalue weighted by atomic mass is 19.4. The summed E-state index contributed by atoms with van der Waals surface area (Å²) >= 11 is 0. The van der Waals surface area contributed by atoms with Crippen molar-refractivity contribution in [2.75, 3.05) is 6.79 Å². The van der Waals surface area contributed by atoms with Crippen LogP contribution >= 0.6 is 0 Å². The van der Waals surface area contributed by atoms with E-state index >= 15 is 0 Å². The number of nitrogens with zero attached hydrogens (tertiary/aromatic N) is 2. The lowest BCUT2D eigenvalue weighted by Crippen LogP contribution is -2.11. The van der Waals surface area contributed by atoms with Crippen LogP contribution in [0.15, 0.2) is 36.4 Å². The molecule has 0 saturated heterocycles. The maximum absolute atomic E-state index is 12.8. The highest BCUT2D eigenvalue weighted by Crippen LogP contribution is 2.38. The molecule has 7 nitrogen and oxygen atoms in total. The number of hydrogen-bond donors (Lipinski definition) is 1. The van der Waals surface area contributed by atoms with Gasteiger partial charge in [0.05, 0.1) is 11.1 Å². The van der Waals surface area contributed by atoms with Crippen molar-refractivity contribution >= 4 is 22.7 Å². The number of fused-ring (bicyclic) bond motifs is 2. The van der Waals surface area contributed by atoms with Crippen LogP contribution in [0.1, 0.15) is 21.6 Å². The Morgan fingerprint density at radius 1 is 1.11 bits per heavy atom. The first-order chi connectivity index (χ1) is 13.2. The van der Waals surface area contributed by atoms with E-state index in [9.17, 15) is 22.8 Å². The zero-order valence-electron chi connectivity index (χ0n) is 14.0. The number of aliphatic carboxylic acids is 1. The molecule has 4 rings (SSSR count). The van der Waals surface area contributed by atoms with Gasteiger partial charge in [0, 0.05) is 17.0 Å². The second-order valence-electron chi connectivity index (χ2n) is 6.03. The fourth-order valence-electron chi connectivity index (χ4n) is 2.93. The van der Waals surface area contributed by atoms with E-state index in [2.05, 4.69) is 5.10 Å². The summed E-state index contributed by atoms with van der Waals surface area (Å²) in [4.78, 5) is 24.0. The molecule has 144 valence electrons. The van der Waals surface area contributed by atoms with Gasteiger partial charge < -0.3 is 14.6 Å². The maximum Gasteiger partial charge on any atom is 0.416 e. The lowest BCUT2D eigenvalue weighted by atomic mass is 10.0. The van der Waals surface area contributed by atoms with E-state index in [1.807, 2.05) is 0 Å². The molecule has 2 aromatic carbocycles. The third-order valence-electron chi connectivity index (χ3n) is 4.22. The molecule has 0 atom stereocenters. The molecule has 28 heavy (non-hydrogen) atoms. The average molecular weight is 392 g/mol. The van der Waals surface area contributed by atoms with Gasteiger partial charge in [0.15, 0.2) is 11.5 Å². The monoisotopic (exact) mass is 392 g/mol. The molecule has 0 amide bonds. The van der Waals surface area contributed by atoms with E-state index in [1.165, 1.54) is 12.1 Å². The van der Waals surface area contributed by atoms with Crippen molar-refractivity contribution in [3.63, 3.8) is 0 Å². The molecule has 0 spiro atoms. The third-order valence-corrected chi connectivity index (χ3v) is 4.22. The number of ketones is 1. The van der Waals surface area contributed by atoms with Crippen LogP contribution in [0, 0.1) is 0 Å². The zero-order valence-corrected chi connectivity index (χ0v) is 14.0. The molecule has 2 heterocycles. The van der Waals surface area contributed by atoms with Crippen LogP contribution in [0.2, 0.25) is 0 Å². The number of carbonyl (C=O) groups excluding carboxylic acids is 1. The van der Waals surface area contributed by atoms with Gasteiger partial charge in [0.1, 0.15) is 12.2 Å². The van der Waals surface area contributed by atoms with Crippen molar-refractivity contribution in [3.8, 4) is 11.5 Å². The number of carbonyl (C=O) groups is 2. The standard InChI is InChI=1S/C18H11F3N2O5/c19-18(20,21)10-3-1-9(2-4-10)17(26)16-11-5-13-14(28-8-27-13)6-12(11)23(22-16)7-15(24)25/h1-6H,7-8H2,(H,24,25). The lowest BCUT2D eigenvalue weighted by Gasteiger charge is -2.06. The van der Waals surface area contributed by atoms with Gasteiger partial charge in [-0.25, -0.2) is 0 Å². The summed E-state index contributed by atoms with van der Waals surface area (Å²) in [6.07, 6.45) is -4.52. The largest absolute Gasteiger partial charge is 0.480 e. The highest BCUT2D eigenvalue weighted by Gasteiger charge is 2.31. The fraction of sp³-hybridized carbons (Fsp3) is 0.167. The number of hydrogen-bond acceptors (Lipinski definition) is 5. The van der Waals surface area contributed by atoms with E-state index in [4.69, 9.17) is 14.6 Å². The van der Waals surface area contributed by atoms with E-state index in [-0.39, 0.29) is 18.1 Å². The van der Waals surface area contributed by atoms with E-state index < -0.39 is 30.0 Å². The predicted molar refractivity (Wildman–Crippen MR) is 88.4 cm³/mol. The number of benzene rings is 2. The van der Waals surface area contributed by atoms with E-state index in [1.54, 1.807) is 0 Å². The van der Waals surface area contributed by atoms with Crippen LogP contribution in [-0.4, -0.2) is 33.4 Å². The molecule has 10 heteroatoms. The van der Waals surface area contributed by atoms with Gasteiger partial charge in [-0.3, -0.25) is 14.3 Å². The van der Waals surface area contributed by atoms with Crippen molar-refractivity contribution in [1.29, 1.82) is 0 Å². The van der Waals surface area contributed by atoms with Crippen LogP contribution in [0.4, 0.5) is 13.2 Å². The number of halogens is 3. The molecule has 1 aliphatic rings. The van der Waals surface area contributed by atoms with Crippen molar-refractivity contribution in [2.45, 2.75) is 12.7 Å². The molecular weight excluding hydrogens is 381 g/mol. The van der Waals surface area contributed by atoms with Gasteiger partial charge in [-0.1, -0.05) is 12.1 Å². The molecule has 0 bridgehead atoms. The minimum Gasteiger partial charge on any atom is -0.480 e. The first-order valence-corrected chi connectivity index (χ1v) is 7.98.